The summed E-state index contributed by atoms with van der Waals surface area (Å²) in [5.41, 5.74) is 6.81. The molecule has 0 radical (unpaired) electrons. The van der Waals surface area contributed by atoms with Gasteiger partial charge in [-0.25, -0.2) is 0 Å². The largest absolute Gasteiger partial charge is 0.340 e. The van der Waals surface area contributed by atoms with Gasteiger partial charge in [0.25, 0.3) is 0 Å². The summed E-state index contributed by atoms with van der Waals surface area (Å²) in [4.78, 5) is 11.9. The summed E-state index contributed by atoms with van der Waals surface area (Å²) in [6, 6.07) is 19.4. The monoisotopic (exact) mass is 371 g/mol. The van der Waals surface area contributed by atoms with Crippen molar-refractivity contribution in [3.8, 4) is 0 Å². The molecule has 4 rings (SSSR count). The summed E-state index contributed by atoms with van der Waals surface area (Å²) in [5.74, 6) is 0.563. The van der Waals surface area contributed by atoms with Crippen LogP contribution in [0.1, 0.15) is 43.5 Å². The Morgan fingerprint density at radius 1 is 1.04 bits per heavy atom. The molecule has 0 saturated carbocycles. The first-order valence-electron chi connectivity index (χ1n) is 10.4. The van der Waals surface area contributed by atoms with Gasteiger partial charge in [0, 0.05) is 29.1 Å². The minimum Gasteiger partial charge on any atom is -0.340 e. The lowest BCUT2D eigenvalue weighted by Crippen LogP contribution is -2.27. The van der Waals surface area contributed by atoms with Crippen LogP contribution >= 0.6 is 0 Å². The number of aldehydes is 1. The van der Waals surface area contributed by atoms with Gasteiger partial charge in [0.1, 0.15) is 6.29 Å². The highest BCUT2D eigenvalue weighted by molar-refractivity contribution is 5.86. The van der Waals surface area contributed by atoms with E-state index in [-0.39, 0.29) is 5.92 Å². The van der Waals surface area contributed by atoms with E-state index in [1.54, 1.807) is 0 Å². The van der Waals surface area contributed by atoms with Crippen LogP contribution in [-0.2, 0) is 24.2 Å². The van der Waals surface area contributed by atoms with Gasteiger partial charge in [-0.05, 0) is 62.6 Å². The second-order valence-electron chi connectivity index (χ2n) is 8.34. The summed E-state index contributed by atoms with van der Waals surface area (Å²) < 4.78 is 2.49. The summed E-state index contributed by atoms with van der Waals surface area (Å²) in [7, 11) is 0. The van der Waals surface area contributed by atoms with Gasteiger partial charge in [0.15, 0.2) is 0 Å². The van der Waals surface area contributed by atoms with Crippen molar-refractivity contribution in [1.29, 1.82) is 0 Å². The van der Waals surface area contributed by atoms with Crippen LogP contribution in [-0.4, -0.2) is 10.9 Å². The number of nitrogens with zero attached hydrogens (tertiary/aromatic N) is 1. The first kappa shape index (κ1) is 18.7. The fourth-order valence-corrected chi connectivity index (χ4v) is 4.70. The van der Waals surface area contributed by atoms with E-state index in [1.807, 2.05) is 0 Å². The van der Waals surface area contributed by atoms with Crippen molar-refractivity contribution in [3.05, 3.63) is 83.1 Å². The van der Waals surface area contributed by atoms with E-state index in [1.165, 1.54) is 39.6 Å². The Kier molecular flexibility index (Phi) is 5.47. The summed E-state index contributed by atoms with van der Waals surface area (Å²) in [5, 5.41) is 1.32. The van der Waals surface area contributed by atoms with E-state index in [2.05, 4.69) is 79.1 Å². The number of fused-ring (bicyclic) bond motifs is 3. The molecule has 3 aromatic rings. The van der Waals surface area contributed by atoms with Crippen LogP contribution in [0.3, 0.4) is 0 Å². The fourth-order valence-electron chi connectivity index (χ4n) is 4.70. The number of rotatable bonds is 6. The van der Waals surface area contributed by atoms with Gasteiger partial charge in [-0.15, -0.1) is 0 Å². The van der Waals surface area contributed by atoms with Crippen LogP contribution < -0.4 is 0 Å². The number of hydrogen-bond acceptors (Lipinski definition) is 1. The maximum Gasteiger partial charge on any atom is 0.123 e. The molecular formula is C26H29NO. The molecule has 2 atom stereocenters. The quantitative estimate of drug-likeness (QED) is 0.387. The Morgan fingerprint density at radius 3 is 2.54 bits per heavy atom. The molecular weight excluding hydrogens is 342 g/mol. The van der Waals surface area contributed by atoms with Gasteiger partial charge >= 0.3 is 0 Å². The molecule has 1 aromatic heterocycles. The number of allylic oxidation sites excluding steroid dienone is 2. The van der Waals surface area contributed by atoms with Crippen molar-refractivity contribution in [3.63, 3.8) is 0 Å². The Labute approximate surface area is 167 Å². The second kappa shape index (κ2) is 8.18. The van der Waals surface area contributed by atoms with E-state index in [0.717, 1.165) is 32.2 Å². The smallest absolute Gasteiger partial charge is 0.123 e. The van der Waals surface area contributed by atoms with Crippen molar-refractivity contribution in [2.45, 2.75) is 46.1 Å². The first-order chi connectivity index (χ1) is 13.7. The first-order valence-corrected chi connectivity index (χ1v) is 10.4. The zero-order valence-corrected chi connectivity index (χ0v) is 16.9. The minimum absolute atomic E-state index is 0.133. The molecule has 2 aromatic carbocycles. The highest BCUT2D eigenvalue weighted by atomic mass is 16.1. The maximum absolute atomic E-state index is 11.9. The summed E-state index contributed by atoms with van der Waals surface area (Å²) >= 11 is 0. The van der Waals surface area contributed by atoms with Crippen LogP contribution in [0.4, 0.5) is 0 Å². The molecule has 0 aliphatic heterocycles. The van der Waals surface area contributed by atoms with Gasteiger partial charge in [-0.1, -0.05) is 60.2 Å². The lowest BCUT2D eigenvalue weighted by molar-refractivity contribution is -0.112. The Bertz CT molecular complexity index is 992. The van der Waals surface area contributed by atoms with E-state index >= 15 is 0 Å². The third kappa shape index (κ3) is 3.69. The Hall–Kier alpha value is -2.61. The summed E-state index contributed by atoms with van der Waals surface area (Å²) in [6.07, 6.45) is 7.53. The predicted molar refractivity (Wildman–Crippen MR) is 117 cm³/mol. The topological polar surface area (TPSA) is 22.0 Å². The van der Waals surface area contributed by atoms with Gasteiger partial charge in [-0.2, -0.15) is 0 Å². The molecule has 0 fully saturated rings. The van der Waals surface area contributed by atoms with Crippen molar-refractivity contribution < 1.29 is 4.79 Å². The van der Waals surface area contributed by atoms with Crippen LogP contribution in [0.5, 0.6) is 0 Å². The molecule has 0 bridgehead atoms. The normalized spacial score (nSPS) is 18.6. The predicted octanol–water partition coefficient (Wildman–Crippen LogP) is 5.97. The van der Waals surface area contributed by atoms with Crippen LogP contribution in [0.2, 0.25) is 0 Å². The molecule has 2 unspecified atom stereocenters. The van der Waals surface area contributed by atoms with Crippen LogP contribution in [0.25, 0.3) is 10.9 Å². The van der Waals surface area contributed by atoms with Crippen molar-refractivity contribution in [2.75, 3.05) is 0 Å². The molecule has 0 spiro atoms. The second-order valence-corrected chi connectivity index (χ2v) is 8.34. The van der Waals surface area contributed by atoms with Crippen molar-refractivity contribution in [1.82, 2.24) is 4.57 Å². The van der Waals surface area contributed by atoms with Crippen molar-refractivity contribution in [2.24, 2.45) is 11.8 Å². The highest BCUT2D eigenvalue weighted by Crippen LogP contribution is 2.38. The summed E-state index contributed by atoms with van der Waals surface area (Å²) in [6.45, 7) is 5.19. The number of para-hydroxylation sites is 1. The molecule has 1 heterocycles. The molecule has 1 aliphatic carbocycles. The van der Waals surface area contributed by atoms with Crippen LogP contribution in [0, 0.1) is 11.8 Å². The molecule has 28 heavy (non-hydrogen) atoms. The Morgan fingerprint density at radius 2 is 1.79 bits per heavy atom. The highest BCUT2D eigenvalue weighted by Gasteiger charge is 2.32. The maximum atomic E-state index is 11.9. The van der Waals surface area contributed by atoms with E-state index in [0.29, 0.717) is 5.92 Å². The zero-order chi connectivity index (χ0) is 19.5. The fraction of sp³-hybridized carbons (Fsp3) is 0.346. The number of aromatic nitrogens is 1. The molecule has 0 saturated heterocycles. The molecule has 0 amide bonds. The minimum atomic E-state index is 0.133. The Balaban J connectivity index is 1.73. The van der Waals surface area contributed by atoms with Gasteiger partial charge in [0.05, 0.1) is 0 Å². The molecule has 0 N–H and O–H groups in total. The molecule has 144 valence electrons. The number of carbonyl (C=O) groups excluding carboxylic acids is 1. The van der Waals surface area contributed by atoms with E-state index in [9.17, 15) is 4.79 Å². The SMILES string of the molecule is CC(C)=CCCC1Cc2c(c3ccccc3n2Cc2ccccc2)CC1C=O. The standard InChI is InChI=1S/C26H29NO/c1-19(2)9-8-12-21-16-26-24(15-22(21)18-28)23-13-6-7-14-25(23)27(26)17-20-10-4-3-5-11-20/h3-7,9-11,13-14,18,21-22H,8,12,15-17H2,1-2H3. The van der Waals surface area contributed by atoms with Crippen molar-refractivity contribution >= 4 is 17.2 Å². The lowest BCUT2D eigenvalue weighted by atomic mass is 9.76. The number of hydrogen-bond donors (Lipinski definition) is 0. The van der Waals surface area contributed by atoms with E-state index in [4.69, 9.17) is 0 Å². The third-order valence-electron chi connectivity index (χ3n) is 6.14. The molecule has 2 nitrogen and oxygen atoms in total. The number of benzene rings is 2. The van der Waals surface area contributed by atoms with Crippen LogP contribution in [0.15, 0.2) is 66.2 Å². The number of carbonyl (C=O) groups is 1. The average molecular weight is 372 g/mol. The van der Waals surface area contributed by atoms with Gasteiger partial charge in [0.2, 0.25) is 0 Å². The molecule has 2 heteroatoms. The zero-order valence-electron chi connectivity index (χ0n) is 16.9. The molecule has 1 aliphatic rings. The van der Waals surface area contributed by atoms with E-state index < -0.39 is 0 Å². The lowest BCUT2D eigenvalue weighted by Gasteiger charge is -2.29. The third-order valence-corrected chi connectivity index (χ3v) is 6.14. The average Bonchev–Trinajstić information content (AvgIpc) is 3.01. The van der Waals surface area contributed by atoms with Gasteiger partial charge < -0.3 is 9.36 Å². The van der Waals surface area contributed by atoms with Gasteiger partial charge in [-0.3, -0.25) is 0 Å².